The van der Waals surface area contributed by atoms with Crippen LogP contribution < -0.4 is 11.1 Å². The molecular formula is C21H25N3O2. The van der Waals surface area contributed by atoms with Crippen molar-refractivity contribution < 1.29 is 9.59 Å². The lowest BCUT2D eigenvalue weighted by Crippen LogP contribution is -2.39. The van der Waals surface area contributed by atoms with E-state index in [2.05, 4.69) is 10.2 Å². The molecule has 5 nitrogen and oxygen atoms in total. The molecule has 1 aliphatic heterocycles. The quantitative estimate of drug-likeness (QED) is 0.869. The predicted octanol–water partition coefficient (Wildman–Crippen LogP) is 3.01. The van der Waals surface area contributed by atoms with Crippen LogP contribution in [0.25, 0.3) is 0 Å². The van der Waals surface area contributed by atoms with Gasteiger partial charge < -0.3 is 11.1 Å². The van der Waals surface area contributed by atoms with E-state index in [9.17, 15) is 9.59 Å². The van der Waals surface area contributed by atoms with Gasteiger partial charge in [-0.1, -0.05) is 29.3 Å². The monoisotopic (exact) mass is 351 g/mol. The summed E-state index contributed by atoms with van der Waals surface area (Å²) < 4.78 is 0. The Morgan fingerprint density at radius 1 is 1.15 bits per heavy atom. The molecule has 26 heavy (non-hydrogen) atoms. The maximum atomic E-state index is 12.5. The van der Waals surface area contributed by atoms with E-state index in [-0.39, 0.29) is 17.9 Å². The molecule has 3 rings (SSSR count). The maximum absolute atomic E-state index is 12.5. The third-order valence-corrected chi connectivity index (χ3v) is 4.75. The standard InChI is InChI=1S/C21H25N3O2/c1-14-9-15(2)11-17(10-14)21(26)23-18-6-3-5-16(12-18)13-24-8-4-7-19(24)20(22)25/h3,5-6,9-12,19H,4,7-8,13H2,1-2H3,(H2,22,25)(H,23,26)/t19-/m0/s1. The van der Waals surface area contributed by atoms with Crippen LogP contribution in [0.5, 0.6) is 0 Å². The molecule has 1 saturated heterocycles. The number of aryl methyl sites for hydroxylation is 2. The van der Waals surface area contributed by atoms with Gasteiger partial charge in [0.05, 0.1) is 6.04 Å². The molecular weight excluding hydrogens is 326 g/mol. The van der Waals surface area contributed by atoms with Gasteiger partial charge in [0, 0.05) is 17.8 Å². The number of likely N-dealkylation sites (tertiary alicyclic amines) is 1. The Hall–Kier alpha value is -2.66. The Labute approximate surface area is 154 Å². The summed E-state index contributed by atoms with van der Waals surface area (Å²) in [6.07, 6.45) is 1.80. The normalized spacial score (nSPS) is 17.2. The lowest BCUT2D eigenvalue weighted by atomic mass is 10.1. The fourth-order valence-corrected chi connectivity index (χ4v) is 3.63. The third kappa shape index (κ3) is 4.29. The van der Waals surface area contributed by atoms with Crippen LogP contribution in [-0.4, -0.2) is 29.3 Å². The van der Waals surface area contributed by atoms with Crippen molar-refractivity contribution in [3.63, 3.8) is 0 Å². The van der Waals surface area contributed by atoms with Gasteiger partial charge in [0.1, 0.15) is 0 Å². The molecule has 0 aliphatic carbocycles. The lowest BCUT2D eigenvalue weighted by Gasteiger charge is -2.22. The average Bonchev–Trinajstić information content (AvgIpc) is 3.02. The number of amides is 2. The highest BCUT2D eigenvalue weighted by Gasteiger charge is 2.28. The molecule has 0 spiro atoms. The first kappa shape index (κ1) is 18.1. The van der Waals surface area contributed by atoms with Crippen molar-refractivity contribution in [2.75, 3.05) is 11.9 Å². The van der Waals surface area contributed by atoms with Crippen LogP contribution in [0.4, 0.5) is 5.69 Å². The Morgan fingerprint density at radius 3 is 2.58 bits per heavy atom. The van der Waals surface area contributed by atoms with E-state index in [0.29, 0.717) is 12.1 Å². The lowest BCUT2D eigenvalue weighted by molar-refractivity contribution is -0.122. The van der Waals surface area contributed by atoms with Crippen molar-refractivity contribution in [1.29, 1.82) is 0 Å². The van der Waals surface area contributed by atoms with E-state index in [0.717, 1.165) is 41.8 Å². The van der Waals surface area contributed by atoms with Crippen molar-refractivity contribution in [3.05, 3.63) is 64.7 Å². The summed E-state index contributed by atoms with van der Waals surface area (Å²) in [6, 6.07) is 13.4. The largest absolute Gasteiger partial charge is 0.368 e. The highest BCUT2D eigenvalue weighted by Crippen LogP contribution is 2.21. The molecule has 1 aliphatic rings. The van der Waals surface area contributed by atoms with Crippen LogP contribution in [0, 0.1) is 13.8 Å². The van der Waals surface area contributed by atoms with Gasteiger partial charge in [-0.3, -0.25) is 14.5 Å². The summed E-state index contributed by atoms with van der Waals surface area (Å²) in [6.45, 7) is 5.48. The first-order chi connectivity index (χ1) is 12.4. The minimum absolute atomic E-state index is 0.120. The number of primary amides is 1. The van der Waals surface area contributed by atoms with Gasteiger partial charge in [0.25, 0.3) is 5.91 Å². The summed E-state index contributed by atoms with van der Waals surface area (Å²) in [4.78, 5) is 26.2. The second kappa shape index (κ2) is 7.70. The van der Waals surface area contributed by atoms with Crippen molar-refractivity contribution in [2.45, 2.75) is 39.3 Å². The van der Waals surface area contributed by atoms with Gasteiger partial charge in [0.15, 0.2) is 0 Å². The number of benzene rings is 2. The Bertz CT molecular complexity index is 812. The molecule has 2 aromatic rings. The van der Waals surface area contributed by atoms with Gasteiger partial charge in [-0.15, -0.1) is 0 Å². The molecule has 2 amide bonds. The van der Waals surface area contributed by atoms with Crippen molar-refractivity contribution in [3.8, 4) is 0 Å². The highest BCUT2D eigenvalue weighted by atomic mass is 16.2. The Kier molecular flexibility index (Phi) is 5.38. The number of carbonyl (C=O) groups excluding carboxylic acids is 2. The smallest absolute Gasteiger partial charge is 0.255 e. The molecule has 5 heteroatoms. The van der Waals surface area contributed by atoms with E-state index in [1.165, 1.54) is 0 Å². The van der Waals surface area contributed by atoms with Gasteiger partial charge in [-0.05, 0) is 63.1 Å². The molecule has 1 fully saturated rings. The molecule has 0 aromatic heterocycles. The highest BCUT2D eigenvalue weighted by molar-refractivity contribution is 6.04. The molecule has 136 valence electrons. The predicted molar refractivity (Wildman–Crippen MR) is 103 cm³/mol. The zero-order valence-corrected chi connectivity index (χ0v) is 15.3. The third-order valence-electron chi connectivity index (χ3n) is 4.75. The molecule has 0 bridgehead atoms. The van der Waals surface area contributed by atoms with Crippen LogP contribution in [0.2, 0.25) is 0 Å². The first-order valence-corrected chi connectivity index (χ1v) is 8.94. The van der Waals surface area contributed by atoms with Crippen molar-refractivity contribution >= 4 is 17.5 Å². The summed E-state index contributed by atoms with van der Waals surface area (Å²) in [5.74, 6) is -0.382. The molecule has 1 heterocycles. The summed E-state index contributed by atoms with van der Waals surface area (Å²) in [5, 5.41) is 2.96. The van der Waals surface area contributed by atoms with Gasteiger partial charge in [-0.2, -0.15) is 0 Å². The van der Waals surface area contributed by atoms with Crippen LogP contribution in [0.1, 0.15) is 39.9 Å². The first-order valence-electron chi connectivity index (χ1n) is 8.94. The average molecular weight is 351 g/mol. The number of nitrogens with two attached hydrogens (primary N) is 1. The topological polar surface area (TPSA) is 75.4 Å². The zero-order valence-electron chi connectivity index (χ0n) is 15.3. The summed E-state index contributed by atoms with van der Waals surface area (Å²) in [7, 11) is 0. The van der Waals surface area contributed by atoms with E-state index in [1.54, 1.807) is 0 Å². The van der Waals surface area contributed by atoms with Gasteiger partial charge >= 0.3 is 0 Å². The zero-order chi connectivity index (χ0) is 18.7. The fourth-order valence-electron chi connectivity index (χ4n) is 3.63. The second-order valence-electron chi connectivity index (χ2n) is 7.06. The minimum atomic E-state index is -0.262. The van der Waals surface area contributed by atoms with Crippen molar-refractivity contribution in [2.24, 2.45) is 5.73 Å². The second-order valence-corrected chi connectivity index (χ2v) is 7.06. The summed E-state index contributed by atoms with van der Waals surface area (Å²) >= 11 is 0. The van der Waals surface area contributed by atoms with Gasteiger partial charge in [-0.25, -0.2) is 0 Å². The fraction of sp³-hybridized carbons (Fsp3) is 0.333. The van der Waals surface area contributed by atoms with E-state index >= 15 is 0 Å². The molecule has 0 radical (unpaired) electrons. The van der Waals surface area contributed by atoms with Crippen LogP contribution >= 0.6 is 0 Å². The molecule has 0 saturated carbocycles. The minimum Gasteiger partial charge on any atom is -0.368 e. The number of hydrogen-bond acceptors (Lipinski definition) is 3. The molecule has 3 N–H and O–H groups in total. The molecule has 0 unspecified atom stereocenters. The SMILES string of the molecule is Cc1cc(C)cc(C(=O)Nc2cccc(CN3CCC[C@H]3C(N)=O)c2)c1. The van der Waals surface area contributed by atoms with Crippen LogP contribution in [0.3, 0.4) is 0 Å². The number of nitrogens with one attached hydrogen (secondary N) is 1. The number of hydrogen-bond donors (Lipinski definition) is 2. The molecule has 1 atom stereocenters. The van der Waals surface area contributed by atoms with Crippen molar-refractivity contribution in [1.82, 2.24) is 4.90 Å². The number of rotatable bonds is 5. The van der Waals surface area contributed by atoms with E-state index < -0.39 is 0 Å². The van der Waals surface area contributed by atoms with Gasteiger partial charge in [0.2, 0.25) is 5.91 Å². The number of anilines is 1. The van der Waals surface area contributed by atoms with E-state index in [4.69, 9.17) is 5.73 Å². The summed E-state index contributed by atoms with van der Waals surface area (Å²) in [5.41, 5.74) is 10.1. The van der Waals surface area contributed by atoms with E-state index in [1.807, 2.05) is 56.3 Å². The number of carbonyl (C=O) groups is 2. The Balaban J connectivity index is 1.71. The van der Waals surface area contributed by atoms with Crippen LogP contribution in [-0.2, 0) is 11.3 Å². The maximum Gasteiger partial charge on any atom is 0.255 e. The van der Waals surface area contributed by atoms with Crippen LogP contribution in [0.15, 0.2) is 42.5 Å². The Morgan fingerprint density at radius 2 is 1.88 bits per heavy atom. The number of nitrogens with zero attached hydrogens (tertiary/aromatic N) is 1. The molecule has 2 aromatic carbocycles.